The van der Waals surface area contributed by atoms with Crippen molar-refractivity contribution in [3.05, 3.63) is 63.7 Å². The predicted octanol–water partition coefficient (Wildman–Crippen LogP) is 3.58. The highest BCUT2D eigenvalue weighted by Crippen LogP contribution is 2.19. The van der Waals surface area contributed by atoms with Crippen molar-refractivity contribution < 1.29 is 14.3 Å². The van der Waals surface area contributed by atoms with Crippen molar-refractivity contribution in [3.8, 4) is 0 Å². The lowest BCUT2D eigenvalue weighted by Crippen LogP contribution is -2.16. The maximum Gasteiger partial charge on any atom is 0.340 e. The van der Waals surface area contributed by atoms with Gasteiger partial charge < -0.3 is 10.5 Å². The SMILES string of the molecule is Cc1ccc(C(=O)COC(=O)c2ccc(Cl)cc2N)c(C)c1. The Morgan fingerprint density at radius 2 is 1.77 bits per heavy atom. The second-order valence-corrected chi connectivity index (χ2v) is 5.49. The van der Waals surface area contributed by atoms with Gasteiger partial charge in [0.15, 0.2) is 6.61 Å². The van der Waals surface area contributed by atoms with Gasteiger partial charge in [-0.1, -0.05) is 35.4 Å². The van der Waals surface area contributed by atoms with Crippen LogP contribution in [0, 0.1) is 13.8 Å². The predicted molar refractivity (Wildman–Crippen MR) is 86.4 cm³/mol. The van der Waals surface area contributed by atoms with E-state index in [0.29, 0.717) is 10.6 Å². The van der Waals surface area contributed by atoms with Gasteiger partial charge in [-0.05, 0) is 37.6 Å². The molecular weight excluding hydrogens is 302 g/mol. The molecule has 0 aliphatic carbocycles. The van der Waals surface area contributed by atoms with Crippen molar-refractivity contribution in [1.82, 2.24) is 0 Å². The standard InChI is InChI=1S/C17H16ClNO3/c1-10-3-5-13(11(2)7-10)16(20)9-22-17(21)14-6-4-12(18)8-15(14)19/h3-8H,9,19H2,1-2H3. The molecule has 0 saturated heterocycles. The monoisotopic (exact) mass is 317 g/mol. The number of halogens is 1. The number of ketones is 1. The van der Waals surface area contributed by atoms with E-state index in [1.54, 1.807) is 12.1 Å². The first-order valence-corrected chi connectivity index (χ1v) is 7.09. The third kappa shape index (κ3) is 3.65. The molecule has 22 heavy (non-hydrogen) atoms. The van der Waals surface area contributed by atoms with Crippen molar-refractivity contribution in [2.75, 3.05) is 12.3 Å². The van der Waals surface area contributed by atoms with Gasteiger partial charge >= 0.3 is 5.97 Å². The van der Waals surface area contributed by atoms with E-state index in [4.69, 9.17) is 22.1 Å². The Labute approximate surface area is 133 Å². The van der Waals surface area contributed by atoms with E-state index in [1.807, 2.05) is 26.0 Å². The summed E-state index contributed by atoms with van der Waals surface area (Å²) in [5.74, 6) is -0.898. The molecule has 0 heterocycles. The molecule has 114 valence electrons. The highest BCUT2D eigenvalue weighted by molar-refractivity contribution is 6.31. The third-order valence-corrected chi connectivity index (χ3v) is 3.49. The van der Waals surface area contributed by atoms with Gasteiger partial charge in [0.2, 0.25) is 5.78 Å². The quantitative estimate of drug-likeness (QED) is 0.531. The van der Waals surface area contributed by atoms with Gasteiger partial charge in [-0.25, -0.2) is 4.79 Å². The van der Waals surface area contributed by atoms with Crippen molar-refractivity contribution >= 4 is 29.0 Å². The molecule has 0 aliphatic rings. The van der Waals surface area contributed by atoms with Crippen molar-refractivity contribution in [1.29, 1.82) is 0 Å². The first-order valence-electron chi connectivity index (χ1n) is 6.71. The molecular formula is C17H16ClNO3. The molecule has 0 spiro atoms. The van der Waals surface area contributed by atoms with Crippen LogP contribution in [0.1, 0.15) is 31.8 Å². The summed E-state index contributed by atoms with van der Waals surface area (Å²) in [5.41, 5.74) is 8.59. The lowest BCUT2D eigenvalue weighted by Gasteiger charge is -2.08. The molecule has 0 atom stereocenters. The summed E-state index contributed by atoms with van der Waals surface area (Å²) in [7, 11) is 0. The number of nitrogen functional groups attached to an aromatic ring is 1. The topological polar surface area (TPSA) is 69.4 Å². The van der Waals surface area contributed by atoms with Gasteiger partial charge in [-0.2, -0.15) is 0 Å². The molecule has 4 nitrogen and oxygen atoms in total. The van der Waals surface area contributed by atoms with E-state index in [2.05, 4.69) is 0 Å². The number of Topliss-reactive ketones (excluding diaryl/α,β-unsaturated/α-hetero) is 1. The van der Waals surface area contributed by atoms with E-state index < -0.39 is 5.97 Å². The number of anilines is 1. The zero-order valence-electron chi connectivity index (χ0n) is 12.4. The maximum atomic E-state index is 12.1. The molecule has 5 heteroatoms. The number of carbonyl (C=O) groups excluding carboxylic acids is 2. The minimum absolute atomic E-state index is 0.192. The summed E-state index contributed by atoms with van der Waals surface area (Å²) >= 11 is 5.77. The Morgan fingerprint density at radius 1 is 1.09 bits per heavy atom. The van der Waals surface area contributed by atoms with E-state index in [-0.39, 0.29) is 23.6 Å². The summed E-state index contributed by atoms with van der Waals surface area (Å²) in [6.45, 7) is 3.47. The fourth-order valence-corrected chi connectivity index (χ4v) is 2.31. The summed E-state index contributed by atoms with van der Waals surface area (Å²) in [6, 6.07) is 9.97. The smallest absolute Gasteiger partial charge is 0.340 e. The first-order chi connectivity index (χ1) is 10.4. The summed E-state index contributed by atoms with van der Waals surface area (Å²) < 4.78 is 5.04. The van der Waals surface area contributed by atoms with Gasteiger partial charge in [-0.15, -0.1) is 0 Å². The molecule has 0 unspecified atom stereocenters. The summed E-state index contributed by atoms with van der Waals surface area (Å²) in [6.07, 6.45) is 0. The molecule has 0 bridgehead atoms. The molecule has 0 aliphatic heterocycles. The molecule has 2 rings (SSSR count). The number of aryl methyl sites for hydroxylation is 2. The van der Waals surface area contributed by atoms with Crippen LogP contribution in [0.2, 0.25) is 5.02 Å². The van der Waals surface area contributed by atoms with E-state index in [1.165, 1.54) is 12.1 Å². The van der Waals surface area contributed by atoms with Crippen molar-refractivity contribution in [3.63, 3.8) is 0 Å². The lowest BCUT2D eigenvalue weighted by molar-refractivity contribution is 0.0475. The van der Waals surface area contributed by atoms with Crippen molar-refractivity contribution in [2.24, 2.45) is 0 Å². The fourth-order valence-electron chi connectivity index (χ4n) is 2.13. The molecule has 0 aromatic heterocycles. The molecule has 0 radical (unpaired) electrons. The Balaban J connectivity index is 2.06. The molecule has 2 aromatic carbocycles. The Kier molecular flexibility index (Phi) is 4.83. The van der Waals surface area contributed by atoms with Gasteiger partial charge in [0.05, 0.1) is 5.56 Å². The average Bonchev–Trinajstić information content (AvgIpc) is 2.44. The maximum absolute atomic E-state index is 12.1. The van der Waals surface area contributed by atoms with Gasteiger partial charge in [-0.3, -0.25) is 4.79 Å². The minimum Gasteiger partial charge on any atom is -0.454 e. The van der Waals surface area contributed by atoms with Crippen LogP contribution in [0.25, 0.3) is 0 Å². The average molecular weight is 318 g/mol. The van der Waals surface area contributed by atoms with Crippen LogP contribution in [-0.4, -0.2) is 18.4 Å². The molecule has 0 saturated carbocycles. The number of carbonyl (C=O) groups is 2. The van der Waals surface area contributed by atoms with Crippen LogP contribution in [0.5, 0.6) is 0 Å². The van der Waals surface area contributed by atoms with Crippen LogP contribution in [-0.2, 0) is 4.74 Å². The normalized spacial score (nSPS) is 10.3. The Bertz CT molecular complexity index is 677. The minimum atomic E-state index is -0.646. The number of nitrogens with two attached hydrogens (primary N) is 1. The first kappa shape index (κ1) is 16.0. The van der Waals surface area contributed by atoms with Gasteiger partial charge in [0, 0.05) is 16.3 Å². The van der Waals surface area contributed by atoms with Gasteiger partial charge in [0.1, 0.15) is 0 Å². The third-order valence-electron chi connectivity index (χ3n) is 3.25. The van der Waals surface area contributed by atoms with Crippen LogP contribution in [0.4, 0.5) is 5.69 Å². The number of ether oxygens (including phenoxy) is 1. The lowest BCUT2D eigenvalue weighted by atomic mass is 10.0. The zero-order valence-corrected chi connectivity index (χ0v) is 13.1. The fraction of sp³-hybridized carbons (Fsp3) is 0.176. The van der Waals surface area contributed by atoms with E-state index in [0.717, 1.165) is 11.1 Å². The Hall–Kier alpha value is -2.33. The highest BCUT2D eigenvalue weighted by Gasteiger charge is 2.15. The number of esters is 1. The molecule has 2 N–H and O–H groups in total. The second-order valence-electron chi connectivity index (χ2n) is 5.05. The van der Waals surface area contributed by atoms with E-state index in [9.17, 15) is 9.59 Å². The number of rotatable bonds is 4. The molecule has 2 aromatic rings. The van der Waals surface area contributed by atoms with Crippen LogP contribution < -0.4 is 5.73 Å². The largest absolute Gasteiger partial charge is 0.454 e. The number of hydrogen-bond donors (Lipinski definition) is 1. The number of hydrogen-bond acceptors (Lipinski definition) is 4. The second kappa shape index (κ2) is 6.62. The van der Waals surface area contributed by atoms with Crippen LogP contribution in [0.15, 0.2) is 36.4 Å². The van der Waals surface area contributed by atoms with Crippen LogP contribution >= 0.6 is 11.6 Å². The van der Waals surface area contributed by atoms with Gasteiger partial charge in [0.25, 0.3) is 0 Å². The summed E-state index contributed by atoms with van der Waals surface area (Å²) in [4.78, 5) is 24.1. The molecule has 0 fully saturated rings. The van der Waals surface area contributed by atoms with Crippen LogP contribution in [0.3, 0.4) is 0 Å². The van der Waals surface area contributed by atoms with Crippen molar-refractivity contribution in [2.45, 2.75) is 13.8 Å². The Morgan fingerprint density at radius 3 is 2.41 bits per heavy atom. The highest BCUT2D eigenvalue weighted by atomic mass is 35.5. The zero-order chi connectivity index (χ0) is 16.3. The van der Waals surface area contributed by atoms with E-state index >= 15 is 0 Å². The number of benzene rings is 2. The molecule has 0 amide bonds. The summed E-state index contributed by atoms with van der Waals surface area (Å²) in [5, 5.41) is 0.431.